The van der Waals surface area contributed by atoms with Gasteiger partial charge in [-0.25, -0.2) is 4.98 Å². The molecule has 1 saturated carbocycles. The number of hydrogen-bond donors (Lipinski definition) is 3. The van der Waals surface area contributed by atoms with Crippen molar-refractivity contribution in [3.8, 4) is 0 Å². The third-order valence-electron chi connectivity index (χ3n) is 4.69. The number of fused-ring (bicyclic) bond motifs is 2. The van der Waals surface area contributed by atoms with Crippen LogP contribution >= 0.6 is 0 Å². The highest BCUT2D eigenvalue weighted by Gasteiger charge is 2.48. The second kappa shape index (κ2) is 4.28. The zero-order valence-corrected chi connectivity index (χ0v) is 11.6. The Morgan fingerprint density at radius 2 is 2.33 bits per heavy atom. The first kappa shape index (κ1) is 12.8. The summed E-state index contributed by atoms with van der Waals surface area (Å²) in [6.45, 7) is 2.13. The number of aromatic nitrogens is 4. The number of nitrogens with zero attached hydrogens (tertiary/aromatic N) is 3. The summed E-state index contributed by atoms with van der Waals surface area (Å²) in [5.41, 5.74) is 5.91. The van der Waals surface area contributed by atoms with Gasteiger partial charge in [0, 0.05) is 0 Å². The van der Waals surface area contributed by atoms with Gasteiger partial charge in [-0.3, -0.25) is 14.3 Å². The zero-order valence-electron chi connectivity index (χ0n) is 11.6. The van der Waals surface area contributed by atoms with E-state index in [4.69, 9.17) is 10.5 Å². The van der Waals surface area contributed by atoms with Crippen molar-refractivity contribution in [2.75, 3.05) is 5.73 Å². The number of nitrogens with one attached hydrogen (secondary N) is 1. The van der Waals surface area contributed by atoms with E-state index in [2.05, 4.69) is 21.9 Å². The maximum Gasteiger partial charge on any atom is 0.280 e. The van der Waals surface area contributed by atoms with E-state index in [1.54, 1.807) is 10.9 Å². The lowest BCUT2D eigenvalue weighted by Gasteiger charge is -2.17. The summed E-state index contributed by atoms with van der Waals surface area (Å²) in [6, 6.07) is 0. The molecule has 4 rings (SSSR count). The predicted octanol–water partition coefficient (Wildman–Crippen LogP) is 0.00620. The Labute approximate surface area is 120 Å². The lowest BCUT2D eigenvalue weighted by atomic mass is 9.95. The molecule has 5 atom stereocenters. The van der Waals surface area contributed by atoms with Crippen molar-refractivity contribution < 1.29 is 9.84 Å². The van der Waals surface area contributed by atoms with Crippen LogP contribution in [0.5, 0.6) is 0 Å². The lowest BCUT2D eigenvalue weighted by Crippen LogP contribution is -2.23. The summed E-state index contributed by atoms with van der Waals surface area (Å²) in [5, 5.41) is 10.0. The molecule has 0 bridgehead atoms. The van der Waals surface area contributed by atoms with E-state index in [1.165, 1.54) is 0 Å². The quantitative estimate of drug-likeness (QED) is 0.680. The molecule has 8 nitrogen and oxygen atoms in total. The number of anilines is 1. The van der Waals surface area contributed by atoms with Gasteiger partial charge in [0.05, 0.1) is 18.5 Å². The Balaban J connectivity index is 1.74. The van der Waals surface area contributed by atoms with Crippen LogP contribution < -0.4 is 11.3 Å². The van der Waals surface area contributed by atoms with E-state index in [9.17, 15) is 9.90 Å². The fourth-order valence-electron chi connectivity index (χ4n) is 3.66. The number of nitrogens with two attached hydrogens (primary N) is 1. The first-order valence-electron chi connectivity index (χ1n) is 7.10. The van der Waals surface area contributed by atoms with E-state index >= 15 is 0 Å². The largest absolute Gasteiger partial charge is 0.390 e. The Morgan fingerprint density at radius 1 is 1.52 bits per heavy atom. The van der Waals surface area contributed by atoms with Gasteiger partial charge >= 0.3 is 0 Å². The highest BCUT2D eigenvalue weighted by atomic mass is 16.5. The number of rotatable bonds is 1. The average Bonchev–Trinajstić information content (AvgIpc) is 3.06. The minimum absolute atomic E-state index is 0.0563. The van der Waals surface area contributed by atoms with Gasteiger partial charge in [-0.1, -0.05) is 6.92 Å². The van der Waals surface area contributed by atoms with Gasteiger partial charge in [-0.05, 0) is 24.7 Å². The number of aromatic amines is 1. The summed E-state index contributed by atoms with van der Waals surface area (Å²) in [7, 11) is 0. The molecule has 0 aromatic carbocycles. The molecule has 8 heteroatoms. The molecule has 21 heavy (non-hydrogen) atoms. The van der Waals surface area contributed by atoms with Gasteiger partial charge < -0.3 is 15.6 Å². The molecule has 3 heterocycles. The molecular weight excluding hydrogens is 274 g/mol. The topological polar surface area (TPSA) is 119 Å². The van der Waals surface area contributed by atoms with E-state index in [-0.39, 0.29) is 29.4 Å². The van der Waals surface area contributed by atoms with Crippen molar-refractivity contribution in [3.05, 3.63) is 16.7 Å². The van der Waals surface area contributed by atoms with Crippen LogP contribution in [-0.4, -0.2) is 36.8 Å². The fraction of sp³-hybridized carbons (Fsp3) is 0.615. The number of H-pyrrole nitrogens is 1. The third kappa shape index (κ3) is 1.79. The van der Waals surface area contributed by atoms with Gasteiger partial charge in [0.2, 0.25) is 5.95 Å². The standard InChI is InChI=1S/C13H17N5O3/c1-5-2-7(19)10-6(5)3-8(21-10)18-4-15-9-11(18)16-13(14)17-12(9)20/h4-8,10,19H,2-3H2,1H3,(H3,14,16,17,20)/t5-,6+,7-,8+,10+/m1/s1. The third-order valence-corrected chi connectivity index (χ3v) is 4.69. The number of aliphatic hydroxyl groups is 1. The van der Waals surface area contributed by atoms with Gasteiger partial charge in [0.15, 0.2) is 11.2 Å². The van der Waals surface area contributed by atoms with Crippen LogP contribution in [0.2, 0.25) is 0 Å². The molecule has 112 valence electrons. The molecule has 0 spiro atoms. The molecular formula is C13H17N5O3. The zero-order chi connectivity index (χ0) is 14.7. The first-order chi connectivity index (χ1) is 10.0. The minimum Gasteiger partial charge on any atom is -0.390 e. The molecule has 2 aromatic rings. The van der Waals surface area contributed by atoms with E-state index < -0.39 is 6.10 Å². The monoisotopic (exact) mass is 291 g/mol. The maximum atomic E-state index is 11.8. The highest BCUT2D eigenvalue weighted by molar-refractivity contribution is 5.70. The summed E-state index contributed by atoms with van der Waals surface area (Å²) in [6.07, 6.45) is 2.26. The van der Waals surface area contributed by atoms with Crippen LogP contribution in [0.3, 0.4) is 0 Å². The fourth-order valence-corrected chi connectivity index (χ4v) is 3.66. The maximum absolute atomic E-state index is 11.8. The summed E-state index contributed by atoms with van der Waals surface area (Å²) >= 11 is 0. The Kier molecular flexibility index (Phi) is 2.61. The van der Waals surface area contributed by atoms with E-state index in [1.807, 2.05) is 0 Å². The van der Waals surface area contributed by atoms with Gasteiger partial charge in [0.1, 0.15) is 6.23 Å². The minimum atomic E-state index is -0.425. The van der Waals surface area contributed by atoms with E-state index in [0.29, 0.717) is 17.5 Å². The Morgan fingerprint density at radius 3 is 3.10 bits per heavy atom. The van der Waals surface area contributed by atoms with Crippen LogP contribution in [0.1, 0.15) is 26.0 Å². The van der Waals surface area contributed by atoms with Crippen LogP contribution in [0.4, 0.5) is 5.95 Å². The van der Waals surface area contributed by atoms with Crippen molar-refractivity contribution >= 4 is 17.1 Å². The molecule has 1 aliphatic heterocycles. The van der Waals surface area contributed by atoms with Gasteiger partial charge in [-0.15, -0.1) is 0 Å². The summed E-state index contributed by atoms with van der Waals surface area (Å²) in [5.74, 6) is 0.800. The molecule has 1 aliphatic carbocycles. The van der Waals surface area contributed by atoms with Crippen LogP contribution in [-0.2, 0) is 4.74 Å². The molecule has 2 aromatic heterocycles. The molecule has 0 unspecified atom stereocenters. The van der Waals surface area contributed by atoms with Gasteiger partial charge in [-0.2, -0.15) is 4.98 Å². The molecule has 0 radical (unpaired) electrons. The second-order valence-electron chi connectivity index (χ2n) is 6.01. The summed E-state index contributed by atoms with van der Waals surface area (Å²) < 4.78 is 7.71. The van der Waals surface area contributed by atoms with Crippen molar-refractivity contribution in [1.82, 2.24) is 19.5 Å². The van der Waals surface area contributed by atoms with Crippen molar-refractivity contribution in [2.45, 2.75) is 38.2 Å². The average molecular weight is 291 g/mol. The van der Waals surface area contributed by atoms with E-state index in [0.717, 1.165) is 12.8 Å². The van der Waals surface area contributed by atoms with Crippen molar-refractivity contribution in [1.29, 1.82) is 0 Å². The molecule has 1 saturated heterocycles. The van der Waals surface area contributed by atoms with Crippen LogP contribution in [0.15, 0.2) is 11.1 Å². The molecule has 0 amide bonds. The Hall–Kier alpha value is -1.93. The van der Waals surface area contributed by atoms with Crippen molar-refractivity contribution in [2.24, 2.45) is 11.8 Å². The predicted molar refractivity (Wildman–Crippen MR) is 74.4 cm³/mol. The first-order valence-corrected chi connectivity index (χ1v) is 7.10. The number of aliphatic hydroxyl groups excluding tert-OH is 1. The SMILES string of the molecule is C[C@@H]1C[C@@H](O)[C@H]2O[C@H](n3cnc4c(=O)[nH]c(N)nc43)C[C@H]21. The van der Waals surface area contributed by atoms with Crippen molar-refractivity contribution in [3.63, 3.8) is 0 Å². The smallest absolute Gasteiger partial charge is 0.280 e. The Bertz CT molecular complexity index is 738. The highest BCUT2D eigenvalue weighted by Crippen LogP contribution is 2.46. The molecule has 2 aliphatic rings. The number of ether oxygens (including phenoxy) is 1. The lowest BCUT2D eigenvalue weighted by molar-refractivity contribution is -0.0525. The number of imidazole rings is 1. The number of hydrogen-bond acceptors (Lipinski definition) is 6. The molecule has 4 N–H and O–H groups in total. The van der Waals surface area contributed by atoms with Crippen LogP contribution in [0, 0.1) is 11.8 Å². The second-order valence-corrected chi connectivity index (χ2v) is 6.01. The number of nitrogen functional groups attached to an aromatic ring is 1. The summed E-state index contributed by atoms with van der Waals surface area (Å²) in [4.78, 5) is 22.5. The van der Waals surface area contributed by atoms with Gasteiger partial charge in [0.25, 0.3) is 5.56 Å². The molecule has 2 fully saturated rings. The normalized spacial score (nSPS) is 35.4. The van der Waals surface area contributed by atoms with Crippen LogP contribution in [0.25, 0.3) is 11.2 Å².